The lowest BCUT2D eigenvalue weighted by Crippen LogP contribution is -2.07. The van der Waals surface area contributed by atoms with Gasteiger partial charge in [0.15, 0.2) is 11.6 Å². The van der Waals surface area contributed by atoms with Gasteiger partial charge in [0.2, 0.25) is 11.9 Å². The first kappa shape index (κ1) is 75.7. The zero-order chi connectivity index (χ0) is 86.9. The lowest BCUT2D eigenvalue weighted by Gasteiger charge is -2.14. The van der Waals surface area contributed by atoms with Gasteiger partial charge in [-0.05, 0) is 112 Å². The molecule has 616 valence electrons. The average molecular weight is 1700 g/mol. The summed E-state index contributed by atoms with van der Waals surface area (Å²) in [7, 11) is 0. The topological polar surface area (TPSA) is 102 Å². The molecule has 0 saturated carbocycles. The van der Waals surface area contributed by atoms with Crippen molar-refractivity contribution in [2.75, 3.05) is 0 Å². The van der Waals surface area contributed by atoms with Gasteiger partial charge in [-0.3, -0.25) is 13.7 Å². The van der Waals surface area contributed by atoms with Crippen molar-refractivity contribution in [2.24, 2.45) is 0 Å². The second kappa shape index (κ2) is 31.2. The Hall–Kier alpha value is -17.6. The Bertz CT molecular complexity index is 9340. The Kier molecular flexibility index (Phi) is 17.9. The van der Waals surface area contributed by atoms with Crippen LogP contribution in [0.1, 0.15) is 0 Å². The third-order valence-corrected chi connectivity index (χ3v) is 27.2. The van der Waals surface area contributed by atoms with E-state index >= 15 is 0 Å². The van der Waals surface area contributed by atoms with E-state index in [0.29, 0.717) is 23.5 Å². The Morgan fingerprint density at radius 3 is 1.20 bits per heavy atom. The van der Waals surface area contributed by atoms with E-state index < -0.39 is 0 Å². The summed E-state index contributed by atoms with van der Waals surface area (Å²) < 4.78 is 14.4. The van der Waals surface area contributed by atoms with E-state index in [4.69, 9.17) is 29.9 Å². The van der Waals surface area contributed by atoms with Crippen LogP contribution in [0.5, 0.6) is 0 Å². The van der Waals surface area contributed by atoms with Crippen LogP contribution in [0, 0.1) is 0 Å². The standard InChI is InChI=1S/C43H27N5.C42H26N4.C35H22N2S/c1-4-16-28(17-5-1)41-44-42(29-18-6-2-7-19-29)46-43(45-41)48-36-27-15-13-25-34(36)38-32-23-11-10-22-31(32)37-33-24-12-14-26-35(33)47(39(37)40(38)48)30-20-8-3-9-21-30;1-3-14-28(15-4-1)39-33-20-9-11-21-35(33)43-42(44-39)46-37-26-23-27-13-7-8-18-30(27)38(37)34-25-24-32-31-19-10-12-22-36(31)45(40(32)41(34)46)29-16-5-2-6-17-29;1-3-11-23(12-4-1)25-21-30(24-13-5-2-6-14-24)36-33(22-25)37-31-17-9-7-15-26(31)28-19-20-29-27-16-8-10-18-32(27)38-35(29)34(28)37/h1-27H;1-26H;1-22H. The molecule has 12 heteroatoms. The molecule has 0 N–H and O–H groups in total. The number of benzene rings is 19. The molecule has 0 spiro atoms. The van der Waals surface area contributed by atoms with Gasteiger partial charge in [0, 0.05) is 108 Å². The van der Waals surface area contributed by atoms with Crippen molar-refractivity contribution in [3.8, 4) is 85.5 Å². The number of fused-ring (bicyclic) bond motifs is 27. The van der Waals surface area contributed by atoms with E-state index in [0.717, 1.165) is 111 Å². The number of aromatic nitrogens is 11. The van der Waals surface area contributed by atoms with Crippen LogP contribution in [0.4, 0.5) is 0 Å². The lowest BCUT2D eigenvalue weighted by molar-refractivity contribution is 0.953. The van der Waals surface area contributed by atoms with Crippen LogP contribution in [0.3, 0.4) is 0 Å². The van der Waals surface area contributed by atoms with Gasteiger partial charge >= 0.3 is 0 Å². The quantitative estimate of drug-likeness (QED) is 0.135. The number of pyridine rings is 1. The molecule has 28 aromatic rings. The van der Waals surface area contributed by atoms with Crippen LogP contribution >= 0.6 is 11.3 Å². The predicted octanol–water partition coefficient (Wildman–Crippen LogP) is 31.1. The van der Waals surface area contributed by atoms with Gasteiger partial charge in [-0.1, -0.05) is 376 Å². The Balaban J connectivity index is 0.000000104. The monoisotopic (exact) mass is 1700 g/mol. The highest BCUT2D eigenvalue weighted by Crippen LogP contribution is 2.50. The fourth-order valence-electron chi connectivity index (χ4n) is 20.3. The third-order valence-electron chi connectivity index (χ3n) is 26.0. The van der Waals surface area contributed by atoms with Crippen LogP contribution in [-0.4, -0.2) is 52.7 Å². The molecule has 0 radical (unpaired) electrons. The first-order valence-electron chi connectivity index (χ1n) is 44.6. The molecule has 0 atom stereocenters. The molecule has 19 aromatic carbocycles. The molecule has 9 aromatic heterocycles. The summed E-state index contributed by atoms with van der Waals surface area (Å²) in [6, 6.07) is 160. The summed E-state index contributed by atoms with van der Waals surface area (Å²) in [5.41, 5.74) is 22.7. The maximum absolute atomic E-state index is 5.40. The third kappa shape index (κ3) is 12.3. The summed E-state index contributed by atoms with van der Waals surface area (Å²) >= 11 is 1.87. The Morgan fingerprint density at radius 1 is 0.197 bits per heavy atom. The molecule has 9 heterocycles. The van der Waals surface area contributed by atoms with Crippen LogP contribution in [0.25, 0.3) is 247 Å². The molecule has 0 bridgehead atoms. The van der Waals surface area contributed by atoms with Crippen LogP contribution < -0.4 is 0 Å². The molecule has 0 amide bonds. The Morgan fingerprint density at radius 2 is 0.606 bits per heavy atom. The van der Waals surface area contributed by atoms with E-state index in [-0.39, 0.29) is 0 Å². The molecule has 132 heavy (non-hydrogen) atoms. The number of thiophene rings is 1. The molecule has 0 aliphatic heterocycles. The summed E-state index contributed by atoms with van der Waals surface area (Å²) in [4.78, 5) is 31.5. The van der Waals surface area contributed by atoms with Gasteiger partial charge in [-0.2, -0.15) is 9.97 Å². The minimum Gasteiger partial charge on any atom is -0.307 e. The predicted molar refractivity (Wildman–Crippen MR) is 550 cm³/mol. The highest BCUT2D eigenvalue weighted by Gasteiger charge is 2.30. The van der Waals surface area contributed by atoms with Crippen molar-refractivity contribution in [1.29, 1.82) is 0 Å². The second-order valence-corrected chi connectivity index (χ2v) is 34.5. The molecule has 0 saturated heterocycles. The summed E-state index contributed by atoms with van der Waals surface area (Å²) in [5, 5.41) is 20.5. The molecular formula is C120H75N11S. The van der Waals surface area contributed by atoms with Crippen LogP contribution in [-0.2, 0) is 0 Å². The number of hydrogen-bond donors (Lipinski definition) is 0. The Labute approximate surface area is 760 Å². The minimum absolute atomic E-state index is 0.579. The summed E-state index contributed by atoms with van der Waals surface area (Å²) in [6.07, 6.45) is 0. The first-order valence-corrected chi connectivity index (χ1v) is 45.4. The van der Waals surface area contributed by atoms with Gasteiger partial charge < -0.3 is 9.13 Å². The minimum atomic E-state index is 0.579. The maximum Gasteiger partial charge on any atom is 0.238 e. The molecular weight excluding hydrogens is 1630 g/mol. The van der Waals surface area contributed by atoms with E-state index in [2.05, 4.69) is 435 Å². The van der Waals surface area contributed by atoms with Crippen molar-refractivity contribution >= 4 is 173 Å². The number of nitrogens with zero attached hydrogens (tertiary/aromatic N) is 11. The normalized spacial score (nSPS) is 11.8. The lowest BCUT2D eigenvalue weighted by atomic mass is 9.98. The molecule has 0 aliphatic rings. The molecule has 28 rings (SSSR count). The molecule has 11 nitrogen and oxygen atoms in total. The van der Waals surface area contributed by atoms with Gasteiger partial charge in [-0.15, -0.1) is 11.3 Å². The van der Waals surface area contributed by atoms with E-state index in [1.54, 1.807) is 0 Å². The van der Waals surface area contributed by atoms with Crippen molar-refractivity contribution in [3.63, 3.8) is 0 Å². The van der Waals surface area contributed by atoms with Crippen molar-refractivity contribution < 1.29 is 0 Å². The van der Waals surface area contributed by atoms with Gasteiger partial charge in [-0.25, -0.2) is 19.9 Å². The number of para-hydroxylation sites is 7. The number of rotatable bonds is 10. The smallest absolute Gasteiger partial charge is 0.238 e. The average Bonchev–Trinajstić information content (AvgIpc) is 1.53. The zero-order valence-corrected chi connectivity index (χ0v) is 71.9. The highest BCUT2D eigenvalue weighted by atomic mass is 32.1. The van der Waals surface area contributed by atoms with E-state index in [1.807, 2.05) is 53.8 Å². The maximum atomic E-state index is 5.40. The SMILES string of the molecule is c1ccc(-c2cc(-c3ccccc3)nc(-n3c4ccccc4c4ccc5c6ccccc6sc5c43)c2)cc1.c1ccc(-c2nc(-c3ccccc3)nc(-n3c4ccccc4c4c5ccccc5c5c6ccccc6n(-c6ccccc6)c5c43)n2)cc1.c1ccc(-c2nc(-n3c4ccc5ccccc5c4c4ccc5c6ccccc6n(-c6ccccc6)c5c43)nc3ccccc23)cc1. The molecule has 0 aliphatic carbocycles. The van der Waals surface area contributed by atoms with E-state index in [9.17, 15) is 0 Å². The highest BCUT2D eigenvalue weighted by molar-refractivity contribution is 7.26. The van der Waals surface area contributed by atoms with Crippen LogP contribution in [0.2, 0.25) is 0 Å². The molecule has 0 unspecified atom stereocenters. The largest absolute Gasteiger partial charge is 0.307 e. The second-order valence-electron chi connectivity index (χ2n) is 33.5. The fourth-order valence-corrected chi connectivity index (χ4v) is 21.6. The van der Waals surface area contributed by atoms with Crippen molar-refractivity contribution in [3.05, 3.63) is 455 Å². The molecule has 0 fully saturated rings. The fraction of sp³-hybridized carbons (Fsp3) is 0. The van der Waals surface area contributed by atoms with Crippen LogP contribution in [0.15, 0.2) is 455 Å². The van der Waals surface area contributed by atoms with E-state index in [1.165, 1.54) is 112 Å². The van der Waals surface area contributed by atoms with Gasteiger partial charge in [0.25, 0.3) is 0 Å². The van der Waals surface area contributed by atoms with Crippen molar-refractivity contribution in [2.45, 2.75) is 0 Å². The van der Waals surface area contributed by atoms with Crippen molar-refractivity contribution in [1.82, 2.24) is 52.7 Å². The number of hydrogen-bond acceptors (Lipinski definition) is 7. The first-order chi connectivity index (χ1) is 65.5. The van der Waals surface area contributed by atoms with Gasteiger partial charge in [0.05, 0.1) is 76.8 Å². The summed E-state index contributed by atoms with van der Waals surface area (Å²) in [5.74, 6) is 3.43. The summed E-state index contributed by atoms with van der Waals surface area (Å²) in [6.45, 7) is 0. The zero-order valence-electron chi connectivity index (χ0n) is 71.1. The van der Waals surface area contributed by atoms with Gasteiger partial charge in [0.1, 0.15) is 5.82 Å².